The summed E-state index contributed by atoms with van der Waals surface area (Å²) in [6.45, 7) is 0.590. The molecule has 1 unspecified atom stereocenters. The van der Waals surface area contributed by atoms with Gasteiger partial charge in [-0.05, 0) is 25.0 Å². The molecule has 0 spiro atoms. The normalized spacial score (nSPS) is 17.1. The number of benzene rings is 1. The van der Waals surface area contributed by atoms with Gasteiger partial charge in [0.15, 0.2) is 12.4 Å². The maximum Gasteiger partial charge on any atom is 0.264 e. The Morgan fingerprint density at radius 1 is 1.43 bits per heavy atom. The number of rotatable bonds is 4. The highest BCUT2D eigenvalue weighted by Gasteiger charge is 2.22. The molecule has 0 radical (unpaired) electrons. The second-order valence-corrected chi connectivity index (χ2v) is 4.82. The maximum absolute atomic E-state index is 11.8. The number of fused-ring (bicyclic) bond motifs is 1. The quantitative estimate of drug-likeness (QED) is 0.880. The van der Waals surface area contributed by atoms with E-state index in [-0.39, 0.29) is 18.5 Å². The number of ether oxygens (including phenoxy) is 1. The van der Waals surface area contributed by atoms with Gasteiger partial charge >= 0.3 is 0 Å². The molecule has 0 saturated heterocycles. The molecule has 1 atom stereocenters. The van der Waals surface area contributed by atoms with Gasteiger partial charge in [0, 0.05) is 6.54 Å². The second kappa shape index (κ2) is 5.92. The SMILES string of the molecule is O=C(COc1ccccc1)Nc1nc2n(n1)CCCC2O. The first kappa shape index (κ1) is 13.6. The van der Waals surface area contributed by atoms with Crippen LogP contribution in [0.5, 0.6) is 5.75 Å². The van der Waals surface area contributed by atoms with Gasteiger partial charge in [0.2, 0.25) is 5.95 Å². The first-order valence-corrected chi connectivity index (χ1v) is 6.83. The van der Waals surface area contributed by atoms with Crippen LogP contribution in [0.25, 0.3) is 0 Å². The van der Waals surface area contributed by atoms with Gasteiger partial charge in [0.1, 0.15) is 11.9 Å². The van der Waals surface area contributed by atoms with Crippen molar-refractivity contribution in [1.29, 1.82) is 0 Å². The van der Waals surface area contributed by atoms with Gasteiger partial charge in [-0.25, -0.2) is 4.68 Å². The third kappa shape index (κ3) is 3.19. The van der Waals surface area contributed by atoms with Crippen molar-refractivity contribution in [2.45, 2.75) is 25.5 Å². The minimum atomic E-state index is -0.613. The molecule has 21 heavy (non-hydrogen) atoms. The number of para-hydroxylation sites is 1. The summed E-state index contributed by atoms with van der Waals surface area (Å²) < 4.78 is 6.97. The van der Waals surface area contributed by atoms with E-state index in [1.165, 1.54) is 0 Å². The topological polar surface area (TPSA) is 89.3 Å². The Morgan fingerprint density at radius 3 is 3.00 bits per heavy atom. The molecule has 0 saturated carbocycles. The molecule has 1 aromatic heterocycles. The van der Waals surface area contributed by atoms with E-state index in [2.05, 4.69) is 15.4 Å². The monoisotopic (exact) mass is 288 g/mol. The molecule has 2 heterocycles. The van der Waals surface area contributed by atoms with Crippen molar-refractivity contribution in [2.75, 3.05) is 11.9 Å². The lowest BCUT2D eigenvalue weighted by atomic mass is 10.1. The van der Waals surface area contributed by atoms with Gasteiger partial charge in [-0.1, -0.05) is 18.2 Å². The molecule has 0 fully saturated rings. The van der Waals surface area contributed by atoms with Crippen LogP contribution in [0, 0.1) is 0 Å². The van der Waals surface area contributed by atoms with Gasteiger partial charge in [0.25, 0.3) is 5.91 Å². The van der Waals surface area contributed by atoms with Crippen molar-refractivity contribution < 1.29 is 14.6 Å². The Hall–Kier alpha value is -2.41. The third-order valence-electron chi connectivity index (χ3n) is 3.21. The smallest absolute Gasteiger partial charge is 0.264 e. The Labute approximate surface area is 121 Å². The van der Waals surface area contributed by atoms with E-state index in [9.17, 15) is 9.90 Å². The van der Waals surface area contributed by atoms with Crippen molar-refractivity contribution in [1.82, 2.24) is 14.8 Å². The number of hydrogen-bond donors (Lipinski definition) is 2. The number of aromatic nitrogens is 3. The highest BCUT2D eigenvalue weighted by molar-refractivity contribution is 5.90. The van der Waals surface area contributed by atoms with Crippen LogP contribution >= 0.6 is 0 Å². The molecule has 0 bridgehead atoms. The van der Waals surface area contributed by atoms with Crippen LogP contribution < -0.4 is 10.1 Å². The number of aliphatic hydroxyl groups excluding tert-OH is 1. The molecule has 2 N–H and O–H groups in total. The summed E-state index contributed by atoms with van der Waals surface area (Å²) in [6, 6.07) is 9.09. The van der Waals surface area contributed by atoms with Crippen LogP contribution in [-0.4, -0.2) is 32.4 Å². The lowest BCUT2D eigenvalue weighted by Gasteiger charge is -2.16. The number of aryl methyl sites for hydroxylation is 1. The molecule has 1 aromatic carbocycles. The van der Waals surface area contributed by atoms with Crippen LogP contribution in [0.4, 0.5) is 5.95 Å². The molecule has 1 amide bonds. The number of carbonyl (C=O) groups is 1. The van der Waals surface area contributed by atoms with Crippen molar-refractivity contribution in [2.24, 2.45) is 0 Å². The van der Waals surface area contributed by atoms with Gasteiger partial charge in [-0.3, -0.25) is 10.1 Å². The molecule has 7 heteroatoms. The maximum atomic E-state index is 11.8. The van der Waals surface area contributed by atoms with E-state index >= 15 is 0 Å². The zero-order valence-electron chi connectivity index (χ0n) is 11.4. The summed E-state index contributed by atoms with van der Waals surface area (Å²) in [7, 11) is 0. The molecule has 2 aromatic rings. The number of hydrogen-bond acceptors (Lipinski definition) is 5. The highest BCUT2D eigenvalue weighted by atomic mass is 16.5. The van der Waals surface area contributed by atoms with Gasteiger partial charge in [0.05, 0.1) is 0 Å². The van der Waals surface area contributed by atoms with Crippen LogP contribution in [0.15, 0.2) is 30.3 Å². The van der Waals surface area contributed by atoms with Crippen molar-refractivity contribution in [3.05, 3.63) is 36.2 Å². The molecule has 1 aliphatic heterocycles. The molecule has 0 aliphatic carbocycles. The minimum absolute atomic E-state index is 0.115. The first-order valence-electron chi connectivity index (χ1n) is 6.83. The van der Waals surface area contributed by atoms with Crippen LogP contribution in [0.2, 0.25) is 0 Å². The fourth-order valence-corrected chi connectivity index (χ4v) is 2.21. The minimum Gasteiger partial charge on any atom is -0.484 e. The molecule has 3 rings (SSSR count). The number of aliphatic hydroxyl groups is 1. The van der Waals surface area contributed by atoms with Crippen molar-refractivity contribution in [3.8, 4) is 5.75 Å². The molecule has 110 valence electrons. The number of nitrogens with zero attached hydrogens (tertiary/aromatic N) is 3. The van der Waals surface area contributed by atoms with Crippen LogP contribution in [-0.2, 0) is 11.3 Å². The predicted molar refractivity (Wildman–Crippen MR) is 74.8 cm³/mol. The number of carbonyl (C=O) groups excluding carboxylic acids is 1. The molecule has 1 aliphatic rings. The van der Waals surface area contributed by atoms with E-state index in [0.717, 1.165) is 6.42 Å². The zero-order chi connectivity index (χ0) is 14.7. The fourth-order valence-electron chi connectivity index (χ4n) is 2.21. The number of nitrogens with one attached hydrogen (secondary N) is 1. The Balaban J connectivity index is 1.58. The van der Waals surface area contributed by atoms with E-state index in [4.69, 9.17) is 4.74 Å². The second-order valence-electron chi connectivity index (χ2n) is 4.82. The Morgan fingerprint density at radius 2 is 2.24 bits per heavy atom. The third-order valence-corrected chi connectivity index (χ3v) is 3.21. The number of amides is 1. The predicted octanol–water partition coefficient (Wildman–Crippen LogP) is 1.12. The van der Waals surface area contributed by atoms with Crippen LogP contribution in [0.3, 0.4) is 0 Å². The zero-order valence-corrected chi connectivity index (χ0v) is 11.4. The summed E-state index contributed by atoms with van der Waals surface area (Å²) in [5.74, 6) is 0.990. The van der Waals surface area contributed by atoms with Gasteiger partial charge in [-0.2, -0.15) is 4.98 Å². The Bertz CT molecular complexity index is 626. The molecular formula is C14H16N4O3. The summed E-state index contributed by atoms with van der Waals surface area (Å²) >= 11 is 0. The summed E-state index contributed by atoms with van der Waals surface area (Å²) in [4.78, 5) is 15.9. The first-order chi connectivity index (χ1) is 10.2. The highest BCUT2D eigenvalue weighted by Crippen LogP contribution is 2.23. The fraction of sp³-hybridized carbons (Fsp3) is 0.357. The van der Waals surface area contributed by atoms with Gasteiger partial charge in [-0.15, -0.1) is 5.10 Å². The van der Waals surface area contributed by atoms with Crippen molar-refractivity contribution in [3.63, 3.8) is 0 Å². The van der Waals surface area contributed by atoms with Gasteiger partial charge < -0.3 is 9.84 Å². The Kier molecular flexibility index (Phi) is 3.83. The van der Waals surface area contributed by atoms with Crippen LogP contribution in [0.1, 0.15) is 24.8 Å². The molecular weight excluding hydrogens is 272 g/mol. The van der Waals surface area contributed by atoms with Crippen molar-refractivity contribution >= 4 is 11.9 Å². The molecule has 7 nitrogen and oxygen atoms in total. The summed E-state index contributed by atoms with van der Waals surface area (Å²) in [5.41, 5.74) is 0. The van der Waals surface area contributed by atoms with E-state index in [1.807, 2.05) is 18.2 Å². The largest absolute Gasteiger partial charge is 0.484 e. The summed E-state index contributed by atoms with van der Waals surface area (Å²) in [5, 5.41) is 16.5. The van der Waals surface area contributed by atoms with E-state index < -0.39 is 6.10 Å². The lowest BCUT2D eigenvalue weighted by Crippen LogP contribution is -2.21. The average Bonchev–Trinajstić information content (AvgIpc) is 2.90. The average molecular weight is 288 g/mol. The summed E-state index contributed by atoms with van der Waals surface area (Å²) in [6.07, 6.45) is 0.906. The lowest BCUT2D eigenvalue weighted by molar-refractivity contribution is -0.118. The standard InChI is InChI=1S/C14H16N4O3/c19-11-7-4-8-18-13(11)16-14(17-18)15-12(20)9-21-10-5-2-1-3-6-10/h1-3,5-6,11,19H,4,7-9H2,(H,15,17,20). The van der Waals surface area contributed by atoms with E-state index in [1.54, 1.807) is 16.8 Å². The number of anilines is 1. The van der Waals surface area contributed by atoms with E-state index in [0.29, 0.717) is 24.5 Å².